The van der Waals surface area contributed by atoms with Crippen LogP contribution in [0, 0.1) is 5.41 Å². The Bertz CT molecular complexity index is 578. The molecule has 2 N–H and O–H groups in total. The van der Waals surface area contributed by atoms with Gasteiger partial charge in [0.2, 0.25) is 5.76 Å². The monoisotopic (exact) mass is 313 g/mol. The Kier molecular flexibility index (Phi) is 5.57. The fraction of sp³-hybridized carbons (Fsp3) is 0.429. The first kappa shape index (κ1) is 17.3. The van der Waals surface area contributed by atoms with Crippen LogP contribution in [0.1, 0.15) is 24.3 Å². The Balaban J connectivity index is 0.00000220. The summed E-state index contributed by atoms with van der Waals surface area (Å²) in [4.78, 5) is 13.8. The molecule has 0 saturated heterocycles. The van der Waals surface area contributed by atoms with E-state index in [2.05, 4.69) is 5.16 Å². The lowest BCUT2D eigenvalue weighted by Crippen LogP contribution is -2.39. The largest absolute Gasteiger partial charge is 0.461 e. The molecule has 2 aromatic heterocycles. The van der Waals surface area contributed by atoms with Gasteiger partial charge in [-0.3, -0.25) is 4.79 Å². The molecule has 0 aliphatic heterocycles. The van der Waals surface area contributed by atoms with E-state index in [1.165, 1.54) is 6.26 Å². The van der Waals surface area contributed by atoms with Crippen LogP contribution in [0.3, 0.4) is 0 Å². The Hall–Kier alpha value is -1.79. The zero-order valence-electron chi connectivity index (χ0n) is 12.3. The lowest BCUT2D eigenvalue weighted by Gasteiger charge is -2.28. The predicted octanol–water partition coefficient (Wildman–Crippen LogP) is 2.41. The van der Waals surface area contributed by atoms with Gasteiger partial charge in [0, 0.05) is 19.7 Å². The number of carbonyl (C=O) groups is 1. The highest BCUT2D eigenvalue weighted by atomic mass is 35.5. The molecule has 0 spiro atoms. The summed E-state index contributed by atoms with van der Waals surface area (Å²) >= 11 is 0. The van der Waals surface area contributed by atoms with E-state index in [0.717, 1.165) is 0 Å². The van der Waals surface area contributed by atoms with Gasteiger partial charge in [-0.15, -0.1) is 12.4 Å². The molecule has 6 nitrogen and oxygen atoms in total. The van der Waals surface area contributed by atoms with Gasteiger partial charge in [0.1, 0.15) is 0 Å². The Morgan fingerprint density at radius 3 is 2.71 bits per heavy atom. The minimum atomic E-state index is -0.201. The lowest BCUT2D eigenvalue weighted by molar-refractivity contribution is 0.0730. The first-order valence-electron chi connectivity index (χ1n) is 6.39. The van der Waals surface area contributed by atoms with E-state index >= 15 is 0 Å². The smallest absolute Gasteiger partial charge is 0.275 e. The molecular formula is C14H20ClN3O3. The zero-order chi connectivity index (χ0) is 14.8. The van der Waals surface area contributed by atoms with Crippen LogP contribution in [0.25, 0.3) is 11.5 Å². The number of amides is 1. The van der Waals surface area contributed by atoms with Crippen molar-refractivity contribution >= 4 is 18.3 Å². The first-order chi connectivity index (χ1) is 9.43. The minimum Gasteiger partial charge on any atom is -0.461 e. The number of furan rings is 1. The van der Waals surface area contributed by atoms with E-state index in [9.17, 15) is 4.79 Å². The van der Waals surface area contributed by atoms with Gasteiger partial charge in [-0.25, -0.2) is 0 Å². The second-order valence-corrected chi connectivity index (χ2v) is 5.58. The first-order valence-corrected chi connectivity index (χ1v) is 6.39. The van der Waals surface area contributed by atoms with Crippen molar-refractivity contribution in [1.82, 2.24) is 10.1 Å². The molecule has 0 fully saturated rings. The van der Waals surface area contributed by atoms with Crippen LogP contribution >= 0.6 is 12.4 Å². The van der Waals surface area contributed by atoms with Crippen molar-refractivity contribution < 1.29 is 13.7 Å². The molecule has 0 atom stereocenters. The molecule has 0 aliphatic carbocycles. The Morgan fingerprint density at radius 2 is 2.14 bits per heavy atom. The highest BCUT2D eigenvalue weighted by Crippen LogP contribution is 2.22. The average Bonchev–Trinajstić information content (AvgIpc) is 3.07. The van der Waals surface area contributed by atoms with Crippen LogP contribution in [0.2, 0.25) is 0 Å². The summed E-state index contributed by atoms with van der Waals surface area (Å²) in [6, 6.07) is 5.07. The number of halogens is 1. The van der Waals surface area contributed by atoms with Gasteiger partial charge >= 0.3 is 0 Å². The van der Waals surface area contributed by atoms with Crippen LogP contribution in [0.4, 0.5) is 0 Å². The second kappa shape index (κ2) is 6.78. The van der Waals surface area contributed by atoms with E-state index in [4.69, 9.17) is 14.7 Å². The molecule has 2 aromatic rings. The fourth-order valence-corrected chi connectivity index (χ4v) is 1.88. The van der Waals surface area contributed by atoms with Gasteiger partial charge in [0.25, 0.3) is 5.91 Å². The third-order valence-corrected chi connectivity index (χ3v) is 3.06. The van der Waals surface area contributed by atoms with E-state index < -0.39 is 0 Å². The maximum absolute atomic E-state index is 12.3. The van der Waals surface area contributed by atoms with Gasteiger partial charge in [-0.1, -0.05) is 19.0 Å². The van der Waals surface area contributed by atoms with Crippen molar-refractivity contribution in [3.63, 3.8) is 0 Å². The van der Waals surface area contributed by atoms with Crippen molar-refractivity contribution in [1.29, 1.82) is 0 Å². The SMILES string of the molecule is CN(CC(C)(C)CN)C(=O)c1cc(-c2ccco2)on1.Cl. The zero-order valence-corrected chi connectivity index (χ0v) is 13.1. The van der Waals surface area contributed by atoms with Crippen molar-refractivity contribution in [2.24, 2.45) is 11.1 Å². The van der Waals surface area contributed by atoms with Crippen LogP contribution < -0.4 is 5.73 Å². The van der Waals surface area contributed by atoms with Gasteiger partial charge in [-0.05, 0) is 24.1 Å². The number of hydrogen-bond donors (Lipinski definition) is 1. The minimum absolute atomic E-state index is 0. The number of carbonyl (C=O) groups excluding carboxylic acids is 1. The highest BCUT2D eigenvalue weighted by Gasteiger charge is 2.24. The Morgan fingerprint density at radius 1 is 1.43 bits per heavy atom. The summed E-state index contributed by atoms with van der Waals surface area (Å²) < 4.78 is 10.3. The number of nitrogens with two attached hydrogens (primary N) is 1. The third-order valence-electron chi connectivity index (χ3n) is 3.06. The lowest BCUT2D eigenvalue weighted by atomic mass is 9.93. The summed E-state index contributed by atoms with van der Waals surface area (Å²) in [5.41, 5.74) is 5.79. The van der Waals surface area contributed by atoms with Crippen molar-refractivity contribution in [3.05, 3.63) is 30.2 Å². The molecule has 0 unspecified atom stereocenters. The molecule has 0 saturated carbocycles. The van der Waals surface area contributed by atoms with E-state index in [1.807, 2.05) is 13.8 Å². The summed E-state index contributed by atoms with van der Waals surface area (Å²) in [7, 11) is 1.72. The maximum atomic E-state index is 12.3. The summed E-state index contributed by atoms with van der Waals surface area (Å²) in [5.74, 6) is 0.777. The summed E-state index contributed by atoms with van der Waals surface area (Å²) in [6.45, 7) is 5.06. The molecule has 0 aliphatic rings. The van der Waals surface area contributed by atoms with Crippen LogP contribution in [0.5, 0.6) is 0 Å². The topological polar surface area (TPSA) is 85.5 Å². The maximum Gasteiger partial charge on any atom is 0.275 e. The summed E-state index contributed by atoms with van der Waals surface area (Å²) in [6.07, 6.45) is 1.54. The molecule has 7 heteroatoms. The number of hydrogen-bond acceptors (Lipinski definition) is 5. The standard InChI is InChI=1S/C14H19N3O3.ClH/c1-14(2,8-15)9-17(3)13(18)10-7-12(20-16-10)11-5-4-6-19-11;/h4-7H,8-9,15H2,1-3H3;1H. The van der Waals surface area contributed by atoms with E-state index in [1.54, 1.807) is 30.1 Å². The quantitative estimate of drug-likeness (QED) is 0.916. The Labute approximate surface area is 129 Å². The molecule has 0 aromatic carbocycles. The number of rotatable bonds is 5. The molecule has 2 heterocycles. The molecule has 0 radical (unpaired) electrons. The molecule has 0 bridgehead atoms. The second-order valence-electron chi connectivity index (χ2n) is 5.58. The number of aromatic nitrogens is 1. The normalized spacial score (nSPS) is 11.0. The molecule has 2 rings (SSSR count). The molecule has 1 amide bonds. The number of nitrogens with zero attached hydrogens (tertiary/aromatic N) is 2. The fourth-order valence-electron chi connectivity index (χ4n) is 1.88. The molecular weight excluding hydrogens is 294 g/mol. The highest BCUT2D eigenvalue weighted by molar-refractivity contribution is 5.92. The van der Waals surface area contributed by atoms with E-state index in [0.29, 0.717) is 24.6 Å². The molecule has 21 heavy (non-hydrogen) atoms. The van der Waals surface area contributed by atoms with Crippen LogP contribution in [0.15, 0.2) is 33.4 Å². The van der Waals surface area contributed by atoms with Crippen molar-refractivity contribution in [3.8, 4) is 11.5 Å². The summed E-state index contributed by atoms with van der Waals surface area (Å²) in [5, 5.41) is 3.79. The van der Waals surface area contributed by atoms with Gasteiger partial charge in [-0.2, -0.15) is 0 Å². The predicted molar refractivity (Wildman–Crippen MR) is 81.2 cm³/mol. The van der Waals surface area contributed by atoms with E-state index in [-0.39, 0.29) is 29.4 Å². The third kappa shape index (κ3) is 4.09. The molecule has 116 valence electrons. The van der Waals surface area contributed by atoms with Crippen LogP contribution in [-0.2, 0) is 0 Å². The van der Waals surface area contributed by atoms with Crippen molar-refractivity contribution in [2.75, 3.05) is 20.1 Å². The van der Waals surface area contributed by atoms with Crippen molar-refractivity contribution in [2.45, 2.75) is 13.8 Å². The average molecular weight is 314 g/mol. The van der Waals surface area contributed by atoms with Gasteiger partial charge in [0.05, 0.1) is 6.26 Å². The van der Waals surface area contributed by atoms with Gasteiger partial charge < -0.3 is 19.6 Å². The van der Waals surface area contributed by atoms with Crippen LogP contribution in [-0.4, -0.2) is 36.1 Å². The van der Waals surface area contributed by atoms with Gasteiger partial charge in [0.15, 0.2) is 11.5 Å².